The number of hydrogen-bond acceptors (Lipinski definition) is 4. The minimum Gasteiger partial charge on any atom is -0.478 e. The fourth-order valence-corrected chi connectivity index (χ4v) is 1.98. The predicted molar refractivity (Wildman–Crippen MR) is 66.6 cm³/mol. The topological polar surface area (TPSA) is 84.5 Å². The van der Waals surface area contributed by atoms with Crippen LogP contribution in [0.5, 0.6) is 0 Å². The molecule has 0 radical (unpaired) electrons. The van der Waals surface area contributed by atoms with Crippen LogP contribution < -0.4 is 0 Å². The van der Waals surface area contributed by atoms with Crippen molar-refractivity contribution in [1.29, 1.82) is 0 Å². The quantitative estimate of drug-likeness (QED) is 0.841. The summed E-state index contributed by atoms with van der Waals surface area (Å²) >= 11 is 0. The molecule has 6 heteroatoms. The van der Waals surface area contributed by atoms with Gasteiger partial charge in [0.1, 0.15) is 5.82 Å². The second-order valence-corrected chi connectivity index (χ2v) is 4.14. The number of hydrogen-bond donors (Lipinski definition) is 1. The van der Waals surface area contributed by atoms with Gasteiger partial charge in [0.2, 0.25) is 0 Å². The molecule has 0 saturated heterocycles. The molecule has 0 aliphatic rings. The monoisotopic (exact) mass is 247 g/mol. The first kappa shape index (κ1) is 12.2. The van der Waals surface area contributed by atoms with Gasteiger partial charge in [-0.15, -0.1) is 4.91 Å². The molecular weight excluding hydrogens is 234 g/mol. The lowest BCUT2D eigenvalue weighted by Crippen LogP contribution is -1.99. The van der Waals surface area contributed by atoms with E-state index in [9.17, 15) is 9.70 Å². The average Bonchev–Trinajstić information content (AvgIpc) is 2.67. The molecule has 0 unspecified atom stereocenters. The molecule has 94 valence electrons. The van der Waals surface area contributed by atoms with E-state index in [1.54, 1.807) is 13.0 Å². The number of carboxylic acid groups (broad SMARTS) is 1. The number of nitrogens with zero attached hydrogens (tertiary/aromatic N) is 3. The average molecular weight is 247 g/mol. The molecule has 0 saturated carbocycles. The Morgan fingerprint density at radius 1 is 1.50 bits per heavy atom. The highest BCUT2D eigenvalue weighted by Crippen LogP contribution is 2.22. The van der Waals surface area contributed by atoms with Crippen molar-refractivity contribution in [2.45, 2.75) is 26.7 Å². The van der Waals surface area contributed by atoms with Crippen LogP contribution in [0.4, 0.5) is 0 Å². The number of carbonyl (C=O) groups is 1. The molecule has 1 aromatic carbocycles. The molecule has 18 heavy (non-hydrogen) atoms. The maximum Gasteiger partial charge on any atom is 0.335 e. The Bertz CT molecular complexity index is 631. The van der Waals surface area contributed by atoms with Crippen LogP contribution in [-0.2, 0) is 6.42 Å². The summed E-state index contributed by atoms with van der Waals surface area (Å²) in [6.45, 7) is 3.75. The molecular formula is C12H13N3O3. The van der Waals surface area contributed by atoms with Crippen molar-refractivity contribution in [2.75, 3.05) is 0 Å². The van der Waals surface area contributed by atoms with Crippen LogP contribution in [0.15, 0.2) is 17.4 Å². The predicted octanol–water partition coefficient (Wildman–Crippen LogP) is 2.52. The van der Waals surface area contributed by atoms with Crippen molar-refractivity contribution < 1.29 is 9.90 Å². The molecule has 1 aromatic heterocycles. The van der Waals surface area contributed by atoms with Gasteiger partial charge in [0.05, 0.1) is 21.9 Å². The maximum absolute atomic E-state index is 11.0. The first-order valence-corrected chi connectivity index (χ1v) is 5.67. The molecule has 1 N–H and O–H groups in total. The lowest BCUT2D eigenvalue weighted by molar-refractivity contribution is 0.0697. The highest BCUT2D eigenvalue weighted by Gasteiger charge is 2.15. The smallest absolute Gasteiger partial charge is 0.335 e. The molecule has 0 amide bonds. The number of aromatic nitrogens is 2. The number of nitroso groups, excluding NO2 is 1. The van der Waals surface area contributed by atoms with E-state index < -0.39 is 5.97 Å². The Morgan fingerprint density at radius 2 is 2.22 bits per heavy atom. The summed E-state index contributed by atoms with van der Waals surface area (Å²) in [7, 11) is 0. The largest absolute Gasteiger partial charge is 0.478 e. The van der Waals surface area contributed by atoms with Gasteiger partial charge in [-0.05, 0) is 31.0 Å². The van der Waals surface area contributed by atoms with Crippen LogP contribution in [0.2, 0.25) is 0 Å². The van der Waals surface area contributed by atoms with Crippen molar-refractivity contribution in [2.24, 2.45) is 5.29 Å². The van der Waals surface area contributed by atoms with E-state index in [1.165, 1.54) is 10.7 Å². The molecule has 6 nitrogen and oxygen atoms in total. The van der Waals surface area contributed by atoms with E-state index in [1.807, 2.05) is 6.92 Å². The van der Waals surface area contributed by atoms with Gasteiger partial charge in [0.25, 0.3) is 0 Å². The van der Waals surface area contributed by atoms with E-state index in [4.69, 9.17) is 5.11 Å². The van der Waals surface area contributed by atoms with Gasteiger partial charge in [0, 0.05) is 6.42 Å². The molecule has 0 aliphatic carbocycles. The Labute approximate surface area is 103 Å². The first-order valence-electron chi connectivity index (χ1n) is 5.67. The van der Waals surface area contributed by atoms with Crippen LogP contribution in [0.3, 0.4) is 0 Å². The summed E-state index contributed by atoms with van der Waals surface area (Å²) in [5, 5.41) is 11.9. The highest BCUT2D eigenvalue weighted by atomic mass is 16.4. The van der Waals surface area contributed by atoms with Crippen LogP contribution in [0.25, 0.3) is 11.0 Å². The van der Waals surface area contributed by atoms with Crippen molar-refractivity contribution >= 4 is 17.0 Å². The summed E-state index contributed by atoms with van der Waals surface area (Å²) < 4.78 is 1.18. The number of aryl methyl sites for hydroxylation is 2. The van der Waals surface area contributed by atoms with Crippen LogP contribution in [0, 0.1) is 11.8 Å². The molecule has 0 spiro atoms. The zero-order chi connectivity index (χ0) is 13.3. The summed E-state index contributed by atoms with van der Waals surface area (Å²) in [5.41, 5.74) is 1.94. The standard InChI is InChI=1S/C12H13N3O3/c1-3-4-10-13-11-7(2)5-8(12(16)17)6-9(11)15(10)14-18/h5-6H,3-4H2,1-2H3,(H,16,17). The van der Waals surface area contributed by atoms with Crippen molar-refractivity contribution in [1.82, 2.24) is 9.66 Å². The van der Waals surface area contributed by atoms with E-state index in [2.05, 4.69) is 10.3 Å². The minimum atomic E-state index is -1.03. The van der Waals surface area contributed by atoms with Gasteiger partial charge in [-0.1, -0.05) is 6.92 Å². The third kappa shape index (κ3) is 1.85. The second-order valence-electron chi connectivity index (χ2n) is 4.14. The molecule has 0 fully saturated rings. The summed E-state index contributed by atoms with van der Waals surface area (Å²) in [5.74, 6) is -0.469. The number of carboxylic acids is 1. The van der Waals surface area contributed by atoms with Crippen LogP contribution in [-0.4, -0.2) is 20.7 Å². The Morgan fingerprint density at radius 3 is 2.78 bits per heavy atom. The highest BCUT2D eigenvalue weighted by molar-refractivity contribution is 5.93. The Hall–Kier alpha value is -2.24. The first-order chi connectivity index (χ1) is 8.58. The Kier molecular flexibility index (Phi) is 3.10. The molecule has 2 rings (SSSR count). The van der Waals surface area contributed by atoms with E-state index in [-0.39, 0.29) is 5.56 Å². The molecule has 0 bridgehead atoms. The number of imidazole rings is 1. The van der Waals surface area contributed by atoms with E-state index in [0.717, 1.165) is 12.0 Å². The minimum absolute atomic E-state index is 0.132. The van der Waals surface area contributed by atoms with Gasteiger partial charge >= 0.3 is 5.97 Å². The molecule has 0 atom stereocenters. The fourth-order valence-electron chi connectivity index (χ4n) is 1.98. The lowest BCUT2D eigenvalue weighted by Gasteiger charge is -1.99. The van der Waals surface area contributed by atoms with Crippen LogP contribution >= 0.6 is 0 Å². The van der Waals surface area contributed by atoms with E-state index >= 15 is 0 Å². The second kappa shape index (κ2) is 4.56. The molecule has 1 heterocycles. The number of benzene rings is 1. The molecule has 0 aliphatic heterocycles. The summed E-state index contributed by atoms with van der Waals surface area (Å²) in [6, 6.07) is 2.97. The van der Waals surface area contributed by atoms with Crippen molar-refractivity contribution in [3.63, 3.8) is 0 Å². The number of rotatable bonds is 4. The van der Waals surface area contributed by atoms with Gasteiger partial charge in [-0.3, -0.25) is 0 Å². The lowest BCUT2D eigenvalue weighted by atomic mass is 10.1. The third-order valence-electron chi connectivity index (χ3n) is 2.80. The van der Waals surface area contributed by atoms with Gasteiger partial charge < -0.3 is 5.11 Å². The third-order valence-corrected chi connectivity index (χ3v) is 2.80. The van der Waals surface area contributed by atoms with Crippen molar-refractivity contribution in [3.8, 4) is 0 Å². The van der Waals surface area contributed by atoms with Gasteiger partial charge in [-0.2, -0.15) is 4.68 Å². The van der Waals surface area contributed by atoms with E-state index in [0.29, 0.717) is 23.3 Å². The Balaban J connectivity index is 2.76. The number of fused-ring (bicyclic) bond motifs is 1. The number of aromatic carboxylic acids is 1. The zero-order valence-electron chi connectivity index (χ0n) is 10.2. The molecule has 2 aromatic rings. The van der Waals surface area contributed by atoms with Crippen LogP contribution in [0.1, 0.15) is 35.1 Å². The SMILES string of the molecule is CCCc1nc2c(C)cc(C(=O)O)cc2n1N=O. The summed E-state index contributed by atoms with van der Waals surface area (Å²) in [6.07, 6.45) is 1.46. The maximum atomic E-state index is 11.0. The fraction of sp³-hybridized carbons (Fsp3) is 0.333. The van der Waals surface area contributed by atoms with Gasteiger partial charge in [-0.25, -0.2) is 9.78 Å². The normalized spacial score (nSPS) is 10.8. The zero-order valence-corrected chi connectivity index (χ0v) is 10.2. The van der Waals surface area contributed by atoms with Gasteiger partial charge in [0.15, 0.2) is 0 Å². The summed E-state index contributed by atoms with van der Waals surface area (Å²) in [4.78, 5) is 26.2. The van der Waals surface area contributed by atoms with Crippen molar-refractivity contribution in [3.05, 3.63) is 34.0 Å².